The lowest BCUT2D eigenvalue weighted by Gasteiger charge is -2.26. The molecule has 0 unspecified atom stereocenters. The van der Waals surface area contributed by atoms with Gasteiger partial charge in [-0.2, -0.15) is 0 Å². The lowest BCUT2D eigenvalue weighted by atomic mass is 9.95. The van der Waals surface area contributed by atoms with Crippen molar-refractivity contribution in [3.63, 3.8) is 0 Å². The maximum absolute atomic E-state index is 6.34. The molecule has 54 heavy (non-hydrogen) atoms. The van der Waals surface area contributed by atoms with Crippen LogP contribution in [0.15, 0.2) is 211 Å². The molecule has 1 heterocycles. The molecule has 0 aliphatic rings. The third kappa shape index (κ3) is 5.69. The Hall–Kier alpha value is -7.23. The molecule has 254 valence electrons. The van der Waals surface area contributed by atoms with E-state index in [9.17, 15) is 0 Å². The minimum Gasteiger partial charge on any atom is -0.435 e. The Morgan fingerprint density at radius 3 is 1.56 bits per heavy atom. The number of hydrogen-bond donors (Lipinski definition) is 0. The molecule has 0 radical (unpaired) electrons. The molecule has 9 aromatic carbocycles. The van der Waals surface area contributed by atoms with Gasteiger partial charge in [0, 0.05) is 28.0 Å². The smallest absolute Gasteiger partial charge is 0.227 e. The van der Waals surface area contributed by atoms with Crippen molar-refractivity contribution in [3.8, 4) is 44.8 Å². The molecule has 1 aromatic heterocycles. The van der Waals surface area contributed by atoms with E-state index >= 15 is 0 Å². The van der Waals surface area contributed by atoms with Crippen molar-refractivity contribution in [1.82, 2.24) is 4.98 Å². The molecule has 0 saturated carbocycles. The van der Waals surface area contributed by atoms with Crippen molar-refractivity contribution < 1.29 is 4.42 Å². The highest BCUT2D eigenvalue weighted by molar-refractivity contribution is 6.11. The van der Waals surface area contributed by atoms with Gasteiger partial charge in [-0.3, -0.25) is 0 Å². The number of benzene rings is 9. The van der Waals surface area contributed by atoms with Gasteiger partial charge in [0.25, 0.3) is 0 Å². The summed E-state index contributed by atoms with van der Waals surface area (Å²) < 4.78 is 6.34. The summed E-state index contributed by atoms with van der Waals surface area (Å²) in [4.78, 5) is 7.22. The van der Waals surface area contributed by atoms with E-state index in [1.54, 1.807) is 0 Å². The Bertz CT molecular complexity index is 2890. The fraction of sp³-hybridized carbons (Fsp3) is 0. The molecular formula is C51H34N2O. The Morgan fingerprint density at radius 2 is 0.852 bits per heavy atom. The lowest BCUT2D eigenvalue weighted by Crippen LogP contribution is -2.09. The molecule has 0 N–H and O–H groups in total. The first-order chi connectivity index (χ1) is 26.8. The van der Waals surface area contributed by atoms with Crippen LogP contribution in [-0.4, -0.2) is 4.98 Å². The zero-order chi connectivity index (χ0) is 35.8. The van der Waals surface area contributed by atoms with Gasteiger partial charge in [0.1, 0.15) is 5.52 Å². The van der Waals surface area contributed by atoms with E-state index in [0.717, 1.165) is 66.8 Å². The third-order valence-electron chi connectivity index (χ3n) is 10.3. The van der Waals surface area contributed by atoms with Crippen molar-refractivity contribution in [3.05, 3.63) is 206 Å². The van der Waals surface area contributed by atoms with Crippen molar-refractivity contribution in [2.45, 2.75) is 0 Å². The Labute approximate surface area is 314 Å². The predicted molar refractivity (Wildman–Crippen MR) is 225 cm³/mol. The summed E-state index contributed by atoms with van der Waals surface area (Å²) in [5.74, 6) is 0.635. The first kappa shape index (κ1) is 31.5. The fourth-order valence-corrected chi connectivity index (χ4v) is 7.63. The van der Waals surface area contributed by atoms with Gasteiger partial charge in [0.05, 0.1) is 0 Å². The van der Waals surface area contributed by atoms with E-state index in [0.29, 0.717) is 5.89 Å². The van der Waals surface area contributed by atoms with Gasteiger partial charge in [-0.15, -0.1) is 0 Å². The second-order valence-electron chi connectivity index (χ2n) is 13.6. The summed E-state index contributed by atoms with van der Waals surface area (Å²) in [7, 11) is 0. The first-order valence-electron chi connectivity index (χ1n) is 18.3. The summed E-state index contributed by atoms with van der Waals surface area (Å²) in [6.45, 7) is 0. The number of anilines is 3. The van der Waals surface area contributed by atoms with Crippen LogP contribution >= 0.6 is 0 Å². The van der Waals surface area contributed by atoms with Crippen LogP contribution in [-0.2, 0) is 0 Å². The normalized spacial score (nSPS) is 11.3. The molecule has 3 nitrogen and oxygen atoms in total. The maximum atomic E-state index is 6.34. The van der Waals surface area contributed by atoms with Gasteiger partial charge in [-0.05, 0) is 104 Å². The number of rotatable bonds is 7. The number of aromatic nitrogens is 1. The van der Waals surface area contributed by atoms with Gasteiger partial charge in [0.2, 0.25) is 5.89 Å². The molecule has 10 aromatic rings. The largest absolute Gasteiger partial charge is 0.435 e. The number of oxazole rings is 1. The molecule has 3 heteroatoms. The third-order valence-corrected chi connectivity index (χ3v) is 10.3. The summed E-state index contributed by atoms with van der Waals surface area (Å²) in [6.07, 6.45) is 0. The monoisotopic (exact) mass is 690 g/mol. The SMILES string of the molecule is c1ccc(-c2nc3cc(-c4ccc(-c5ccc(N(c6ccccc6)c6ccc(-c7cccc8ccccc78)cc6)cc5)cc4)c4ccccc4c3o2)cc1. The zero-order valence-electron chi connectivity index (χ0n) is 29.4. The van der Waals surface area contributed by atoms with Crippen molar-refractivity contribution in [2.75, 3.05) is 4.90 Å². The lowest BCUT2D eigenvalue weighted by molar-refractivity contribution is 0.623. The van der Waals surface area contributed by atoms with E-state index in [2.05, 4.69) is 181 Å². The van der Waals surface area contributed by atoms with E-state index in [-0.39, 0.29) is 0 Å². The summed E-state index contributed by atoms with van der Waals surface area (Å²) in [5, 5.41) is 4.71. The molecule has 0 fully saturated rings. The van der Waals surface area contributed by atoms with Crippen molar-refractivity contribution >= 4 is 49.7 Å². The standard InChI is InChI=1S/C51H34N2O/c1-3-13-40(14-4-1)51-52-49-34-48(46-19-9-10-20-47(46)50(49)54-51)39-24-22-35(23-25-39)36-26-30-42(31-27-36)53(41-16-5-2-6-17-41)43-32-28-38(29-33-43)45-21-11-15-37-12-7-8-18-44(37)45/h1-34H. The fourth-order valence-electron chi connectivity index (χ4n) is 7.63. The minimum absolute atomic E-state index is 0.635. The average Bonchev–Trinajstić information content (AvgIpc) is 3.70. The van der Waals surface area contributed by atoms with Crippen LogP contribution in [0, 0.1) is 0 Å². The Kier molecular flexibility index (Phi) is 7.81. The maximum Gasteiger partial charge on any atom is 0.227 e. The van der Waals surface area contributed by atoms with Gasteiger partial charge in [0.15, 0.2) is 5.58 Å². The van der Waals surface area contributed by atoms with Crippen LogP contribution in [0.3, 0.4) is 0 Å². The highest BCUT2D eigenvalue weighted by Gasteiger charge is 2.16. The van der Waals surface area contributed by atoms with E-state index in [1.807, 2.05) is 30.3 Å². The number of hydrogen-bond acceptors (Lipinski definition) is 3. The molecule has 0 bridgehead atoms. The second-order valence-corrected chi connectivity index (χ2v) is 13.6. The van der Waals surface area contributed by atoms with Gasteiger partial charge >= 0.3 is 0 Å². The van der Waals surface area contributed by atoms with Crippen LogP contribution < -0.4 is 4.90 Å². The average molecular weight is 691 g/mol. The van der Waals surface area contributed by atoms with Crippen LogP contribution in [0.4, 0.5) is 17.1 Å². The number of fused-ring (bicyclic) bond motifs is 4. The van der Waals surface area contributed by atoms with E-state index in [4.69, 9.17) is 9.40 Å². The molecule has 0 aliphatic heterocycles. The summed E-state index contributed by atoms with van der Waals surface area (Å²) in [5.41, 5.74) is 13.0. The molecule has 10 rings (SSSR count). The van der Waals surface area contributed by atoms with E-state index < -0.39 is 0 Å². The molecule has 0 spiro atoms. The Morgan fingerprint density at radius 1 is 0.352 bits per heavy atom. The quantitative estimate of drug-likeness (QED) is 0.167. The molecular weight excluding hydrogens is 657 g/mol. The molecule has 0 saturated heterocycles. The Balaban J connectivity index is 0.964. The highest BCUT2D eigenvalue weighted by Crippen LogP contribution is 2.40. The van der Waals surface area contributed by atoms with Crippen molar-refractivity contribution in [2.24, 2.45) is 0 Å². The zero-order valence-corrected chi connectivity index (χ0v) is 29.4. The van der Waals surface area contributed by atoms with Crippen molar-refractivity contribution in [1.29, 1.82) is 0 Å². The van der Waals surface area contributed by atoms with Crippen LogP contribution in [0.25, 0.3) is 77.5 Å². The summed E-state index contributed by atoms with van der Waals surface area (Å²) in [6, 6.07) is 72.9. The van der Waals surface area contributed by atoms with Crippen LogP contribution in [0.2, 0.25) is 0 Å². The topological polar surface area (TPSA) is 29.3 Å². The van der Waals surface area contributed by atoms with Gasteiger partial charge in [-0.25, -0.2) is 4.98 Å². The highest BCUT2D eigenvalue weighted by atomic mass is 16.3. The molecule has 0 aliphatic carbocycles. The molecule has 0 atom stereocenters. The minimum atomic E-state index is 0.635. The van der Waals surface area contributed by atoms with Crippen LogP contribution in [0.1, 0.15) is 0 Å². The summed E-state index contributed by atoms with van der Waals surface area (Å²) >= 11 is 0. The number of para-hydroxylation sites is 1. The molecule has 0 amide bonds. The van der Waals surface area contributed by atoms with Gasteiger partial charge < -0.3 is 9.32 Å². The van der Waals surface area contributed by atoms with Crippen LogP contribution in [0.5, 0.6) is 0 Å². The van der Waals surface area contributed by atoms with Gasteiger partial charge in [-0.1, -0.05) is 152 Å². The van der Waals surface area contributed by atoms with E-state index in [1.165, 1.54) is 21.9 Å². The first-order valence-corrected chi connectivity index (χ1v) is 18.3. The second kappa shape index (κ2) is 13.4. The predicted octanol–water partition coefficient (Wildman–Crippen LogP) is 14.3. The number of nitrogens with zero attached hydrogens (tertiary/aromatic N) is 2.